The van der Waals surface area contributed by atoms with E-state index in [9.17, 15) is 0 Å². The van der Waals surface area contributed by atoms with Gasteiger partial charge in [-0.3, -0.25) is 0 Å². The van der Waals surface area contributed by atoms with E-state index < -0.39 is 0 Å². The second-order valence-electron chi connectivity index (χ2n) is 3.78. The highest BCUT2D eigenvalue weighted by Crippen LogP contribution is 2.02. The monoisotopic (exact) mass is 219 g/mol. The smallest absolute Gasteiger partial charge is 0.174 e. The largest absolute Gasteiger partial charge is 0.377 e. The topological polar surface area (TPSA) is 39.7 Å². The van der Waals surface area contributed by atoms with Gasteiger partial charge in [-0.2, -0.15) is 0 Å². The fourth-order valence-corrected chi connectivity index (χ4v) is 1.28. The van der Waals surface area contributed by atoms with Crippen LogP contribution >= 0.6 is 0 Å². The van der Waals surface area contributed by atoms with Crippen LogP contribution in [-0.2, 0) is 14.2 Å². The molecule has 0 aliphatic rings. The molecule has 0 rings (SSSR count). The van der Waals surface area contributed by atoms with Crippen LogP contribution in [0.15, 0.2) is 0 Å². The van der Waals surface area contributed by atoms with Crippen molar-refractivity contribution in [3.05, 3.63) is 0 Å². The Morgan fingerprint density at radius 2 is 1.73 bits per heavy atom. The second kappa shape index (κ2) is 9.09. The molecule has 0 heterocycles. The molecule has 0 radical (unpaired) electrons. The zero-order valence-electron chi connectivity index (χ0n) is 10.6. The number of nitrogens with one attached hydrogen (secondary N) is 1. The Labute approximate surface area is 93.3 Å². The van der Waals surface area contributed by atoms with Crippen molar-refractivity contribution in [3.8, 4) is 0 Å². The summed E-state index contributed by atoms with van der Waals surface area (Å²) >= 11 is 0. The molecule has 4 heteroatoms. The molecule has 0 aromatic carbocycles. The molecule has 0 saturated carbocycles. The van der Waals surface area contributed by atoms with E-state index in [4.69, 9.17) is 14.2 Å². The second-order valence-corrected chi connectivity index (χ2v) is 3.78. The molecule has 0 spiro atoms. The normalized spacial score (nSPS) is 13.8. The van der Waals surface area contributed by atoms with E-state index in [0.717, 1.165) is 13.0 Å². The number of hydrogen-bond donors (Lipinski definition) is 1. The third-order valence-corrected chi connectivity index (χ3v) is 2.06. The molecule has 0 amide bonds. The van der Waals surface area contributed by atoms with E-state index in [0.29, 0.717) is 6.61 Å². The molecule has 0 aromatic heterocycles. The minimum absolute atomic E-state index is 0.0855. The fraction of sp³-hybridized carbons (Fsp3) is 1.00. The third-order valence-electron chi connectivity index (χ3n) is 2.06. The predicted molar refractivity (Wildman–Crippen MR) is 61.0 cm³/mol. The molecule has 0 aliphatic carbocycles. The summed E-state index contributed by atoms with van der Waals surface area (Å²) in [5.74, 6) is 0. The first-order chi connectivity index (χ1) is 7.15. The van der Waals surface area contributed by atoms with Crippen molar-refractivity contribution in [2.45, 2.75) is 45.6 Å². The van der Waals surface area contributed by atoms with Gasteiger partial charge in [-0.15, -0.1) is 0 Å². The third kappa shape index (κ3) is 6.84. The first kappa shape index (κ1) is 14.8. The Kier molecular flexibility index (Phi) is 9.00. The molecular weight excluding hydrogens is 194 g/mol. The highest BCUT2D eigenvalue weighted by Gasteiger charge is 2.20. The molecule has 0 fully saturated rings. The number of methoxy groups -OCH3 is 2. The Morgan fingerprint density at radius 3 is 2.13 bits per heavy atom. The lowest BCUT2D eigenvalue weighted by Gasteiger charge is -2.26. The Hall–Kier alpha value is -0.160. The molecule has 92 valence electrons. The van der Waals surface area contributed by atoms with Crippen LogP contribution in [0, 0.1) is 0 Å². The molecule has 0 aliphatic heterocycles. The molecule has 4 nitrogen and oxygen atoms in total. The van der Waals surface area contributed by atoms with E-state index >= 15 is 0 Å². The predicted octanol–water partition coefficient (Wildman–Crippen LogP) is 1.40. The molecule has 1 atom stereocenters. The molecule has 1 unspecified atom stereocenters. The zero-order valence-corrected chi connectivity index (χ0v) is 10.6. The molecule has 0 saturated heterocycles. The molecule has 1 N–H and O–H groups in total. The van der Waals surface area contributed by atoms with Crippen molar-refractivity contribution < 1.29 is 14.2 Å². The SMILES string of the molecule is CCCNC(COC(C)C)C(OC)OC. The first-order valence-corrected chi connectivity index (χ1v) is 5.56. The van der Waals surface area contributed by atoms with Crippen LogP contribution in [-0.4, -0.2) is 45.8 Å². The molecular formula is C11H25NO3. The van der Waals surface area contributed by atoms with Gasteiger partial charge in [-0.25, -0.2) is 0 Å². The molecule has 0 bridgehead atoms. The standard InChI is InChI=1S/C11H25NO3/c1-6-7-12-10(8-15-9(2)3)11(13-4)14-5/h9-12H,6-8H2,1-5H3. The van der Waals surface area contributed by atoms with Gasteiger partial charge in [0.2, 0.25) is 0 Å². The van der Waals surface area contributed by atoms with Gasteiger partial charge in [0.05, 0.1) is 18.8 Å². The summed E-state index contributed by atoms with van der Waals surface area (Å²) in [6.07, 6.45) is 1.05. The van der Waals surface area contributed by atoms with Crippen molar-refractivity contribution in [1.82, 2.24) is 5.32 Å². The maximum atomic E-state index is 5.56. The summed E-state index contributed by atoms with van der Waals surface area (Å²) in [7, 11) is 3.29. The van der Waals surface area contributed by atoms with Gasteiger partial charge in [0.15, 0.2) is 6.29 Å². The zero-order chi connectivity index (χ0) is 11.7. The Morgan fingerprint density at radius 1 is 1.13 bits per heavy atom. The fourth-order valence-electron chi connectivity index (χ4n) is 1.28. The van der Waals surface area contributed by atoms with Gasteiger partial charge in [0.25, 0.3) is 0 Å². The van der Waals surface area contributed by atoms with E-state index in [1.165, 1.54) is 0 Å². The van der Waals surface area contributed by atoms with Crippen LogP contribution in [0.1, 0.15) is 27.2 Å². The number of rotatable bonds is 9. The van der Waals surface area contributed by atoms with Crippen LogP contribution in [0.4, 0.5) is 0 Å². The van der Waals surface area contributed by atoms with Crippen LogP contribution in [0.25, 0.3) is 0 Å². The van der Waals surface area contributed by atoms with Crippen molar-refractivity contribution >= 4 is 0 Å². The van der Waals surface area contributed by atoms with Crippen LogP contribution in [0.5, 0.6) is 0 Å². The van der Waals surface area contributed by atoms with E-state index in [1.807, 2.05) is 13.8 Å². The summed E-state index contributed by atoms with van der Waals surface area (Å²) in [6, 6.07) is 0.0855. The minimum atomic E-state index is -0.254. The lowest BCUT2D eigenvalue weighted by atomic mass is 10.3. The summed E-state index contributed by atoms with van der Waals surface area (Å²) in [4.78, 5) is 0. The van der Waals surface area contributed by atoms with E-state index in [2.05, 4.69) is 12.2 Å². The van der Waals surface area contributed by atoms with Gasteiger partial charge >= 0.3 is 0 Å². The van der Waals surface area contributed by atoms with Crippen LogP contribution in [0.3, 0.4) is 0 Å². The minimum Gasteiger partial charge on any atom is -0.377 e. The lowest BCUT2D eigenvalue weighted by molar-refractivity contribution is -0.137. The summed E-state index contributed by atoms with van der Waals surface area (Å²) in [5.41, 5.74) is 0. The maximum Gasteiger partial charge on any atom is 0.174 e. The van der Waals surface area contributed by atoms with E-state index in [1.54, 1.807) is 14.2 Å². The summed E-state index contributed by atoms with van der Waals surface area (Å²) in [5, 5.41) is 3.35. The number of hydrogen-bond acceptors (Lipinski definition) is 4. The average Bonchev–Trinajstić information content (AvgIpc) is 2.22. The highest BCUT2D eigenvalue weighted by molar-refractivity contribution is 4.70. The Balaban J connectivity index is 4.03. The van der Waals surface area contributed by atoms with Gasteiger partial charge in [0.1, 0.15) is 0 Å². The first-order valence-electron chi connectivity index (χ1n) is 5.56. The summed E-state index contributed by atoms with van der Waals surface area (Å²) in [6.45, 7) is 7.71. The summed E-state index contributed by atoms with van der Waals surface area (Å²) < 4.78 is 16.0. The quantitative estimate of drug-likeness (QED) is 0.595. The van der Waals surface area contributed by atoms with Gasteiger partial charge in [-0.05, 0) is 26.8 Å². The molecule has 15 heavy (non-hydrogen) atoms. The lowest BCUT2D eigenvalue weighted by Crippen LogP contribution is -2.46. The van der Waals surface area contributed by atoms with Crippen molar-refractivity contribution in [3.63, 3.8) is 0 Å². The molecule has 0 aromatic rings. The van der Waals surface area contributed by atoms with Gasteiger partial charge in [0, 0.05) is 14.2 Å². The highest BCUT2D eigenvalue weighted by atomic mass is 16.7. The number of ether oxygens (including phenoxy) is 3. The van der Waals surface area contributed by atoms with Crippen molar-refractivity contribution in [1.29, 1.82) is 0 Å². The van der Waals surface area contributed by atoms with Crippen LogP contribution in [0.2, 0.25) is 0 Å². The van der Waals surface area contributed by atoms with Gasteiger partial charge in [-0.1, -0.05) is 6.92 Å². The average molecular weight is 219 g/mol. The van der Waals surface area contributed by atoms with Gasteiger partial charge < -0.3 is 19.5 Å². The van der Waals surface area contributed by atoms with Crippen molar-refractivity contribution in [2.24, 2.45) is 0 Å². The van der Waals surface area contributed by atoms with Crippen molar-refractivity contribution in [2.75, 3.05) is 27.4 Å². The van der Waals surface area contributed by atoms with Crippen LogP contribution < -0.4 is 5.32 Å². The Bertz CT molecular complexity index is 138. The van der Waals surface area contributed by atoms with E-state index in [-0.39, 0.29) is 18.4 Å². The maximum absolute atomic E-state index is 5.56.